The van der Waals surface area contributed by atoms with Crippen LogP contribution in [-0.4, -0.2) is 23.5 Å². The second kappa shape index (κ2) is 8.06. The summed E-state index contributed by atoms with van der Waals surface area (Å²) in [5.41, 5.74) is 3.29. The van der Waals surface area contributed by atoms with E-state index in [0.29, 0.717) is 6.61 Å². The second-order valence-corrected chi connectivity index (χ2v) is 6.23. The highest BCUT2D eigenvalue weighted by Crippen LogP contribution is 2.32. The number of fused-ring (bicyclic) bond motifs is 1. The molecule has 0 fully saturated rings. The van der Waals surface area contributed by atoms with E-state index in [1.165, 1.54) is 5.56 Å². The van der Waals surface area contributed by atoms with Gasteiger partial charge in [0, 0.05) is 24.1 Å². The van der Waals surface area contributed by atoms with E-state index in [2.05, 4.69) is 24.0 Å². The van der Waals surface area contributed by atoms with Gasteiger partial charge < -0.3 is 9.64 Å². The molecule has 1 aromatic heterocycles. The third-order valence-corrected chi connectivity index (χ3v) is 4.47. The zero-order valence-corrected chi connectivity index (χ0v) is 14.1. The Morgan fingerprint density at radius 2 is 2.17 bits per heavy atom. The summed E-state index contributed by atoms with van der Waals surface area (Å²) in [6.07, 6.45) is 7.67. The first-order valence-corrected chi connectivity index (χ1v) is 8.66. The number of anilines is 1. The maximum absolute atomic E-state index is 12.8. The minimum atomic E-state index is 0.0458. The van der Waals surface area contributed by atoms with E-state index in [9.17, 15) is 4.79 Å². The molecule has 1 atom stereocenters. The van der Waals surface area contributed by atoms with Crippen molar-refractivity contribution in [1.82, 2.24) is 4.98 Å². The number of nitrogens with zero attached hydrogens (tertiary/aromatic N) is 2. The molecule has 2 aromatic rings. The van der Waals surface area contributed by atoms with Crippen LogP contribution in [0.25, 0.3) is 0 Å². The number of amides is 1. The molecule has 1 amide bonds. The first-order chi connectivity index (χ1) is 11.8. The fraction of sp³-hybridized carbons (Fsp3) is 0.400. The number of hydrogen-bond acceptors (Lipinski definition) is 3. The van der Waals surface area contributed by atoms with E-state index in [1.54, 1.807) is 12.4 Å². The lowest BCUT2D eigenvalue weighted by molar-refractivity contribution is -0.124. The fourth-order valence-corrected chi connectivity index (χ4v) is 3.36. The van der Waals surface area contributed by atoms with Crippen molar-refractivity contribution in [3.05, 3.63) is 59.9 Å². The first-order valence-electron chi connectivity index (χ1n) is 8.66. The van der Waals surface area contributed by atoms with E-state index in [4.69, 9.17) is 4.74 Å². The summed E-state index contributed by atoms with van der Waals surface area (Å²) < 4.78 is 5.65. The Morgan fingerprint density at radius 1 is 1.29 bits per heavy atom. The average Bonchev–Trinajstić information content (AvgIpc) is 2.62. The quantitative estimate of drug-likeness (QED) is 0.813. The Morgan fingerprint density at radius 3 is 2.96 bits per heavy atom. The van der Waals surface area contributed by atoms with Gasteiger partial charge in [-0.2, -0.15) is 0 Å². The van der Waals surface area contributed by atoms with Crippen molar-refractivity contribution in [2.45, 2.75) is 45.3 Å². The molecular weight excluding hydrogens is 300 g/mol. The zero-order chi connectivity index (χ0) is 16.8. The van der Waals surface area contributed by atoms with Gasteiger partial charge in [0.25, 0.3) is 5.91 Å². The number of para-hydroxylation sites is 1. The van der Waals surface area contributed by atoms with Gasteiger partial charge in [-0.05, 0) is 42.5 Å². The molecule has 0 bridgehead atoms. The molecule has 4 heteroatoms. The van der Waals surface area contributed by atoms with Gasteiger partial charge in [0.05, 0.1) is 6.61 Å². The molecule has 0 radical (unpaired) electrons. The summed E-state index contributed by atoms with van der Waals surface area (Å²) >= 11 is 0. The summed E-state index contributed by atoms with van der Waals surface area (Å²) in [4.78, 5) is 18.8. The minimum Gasteiger partial charge on any atom is -0.367 e. The number of aromatic nitrogens is 1. The number of hydrogen-bond donors (Lipinski definition) is 0. The van der Waals surface area contributed by atoms with Gasteiger partial charge in [-0.3, -0.25) is 9.78 Å². The maximum atomic E-state index is 12.8. The molecule has 0 saturated heterocycles. The van der Waals surface area contributed by atoms with Crippen molar-refractivity contribution >= 4 is 11.6 Å². The van der Waals surface area contributed by atoms with Crippen molar-refractivity contribution in [3.8, 4) is 0 Å². The van der Waals surface area contributed by atoms with Crippen LogP contribution in [0.3, 0.4) is 0 Å². The van der Waals surface area contributed by atoms with Crippen LogP contribution in [0.2, 0.25) is 0 Å². The van der Waals surface area contributed by atoms with Crippen LogP contribution in [0, 0.1) is 0 Å². The van der Waals surface area contributed by atoms with Crippen molar-refractivity contribution in [2.24, 2.45) is 0 Å². The van der Waals surface area contributed by atoms with E-state index >= 15 is 0 Å². The number of rotatable bonds is 6. The molecule has 0 spiro atoms. The monoisotopic (exact) mass is 324 g/mol. The van der Waals surface area contributed by atoms with Gasteiger partial charge in [-0.25, -0.2) is 0 Å². The van der Waals surface area contributed by atoms with Crippen LogP contribution in [0.4, 0.5) is 5.69 Å². The van der Waals surface area contributed by atoms with Crippen LogP contribution in [0.5, 0.6) is 0 Å². The number of pyridine rings is 1. The molecule has 1 aliphatic rings. The van der Waals surface area contributed by atoms with Crippen LogP contribution < -0.4 is 4.90 Å². The van der Waals surface area contributed by atoms with Crippen LogP contribution in [0.15, 0.2) is 48.8 Å². The standard InChI is InChI=1S/C20H24N2O2/c1-2-6-18-11-10-17-8-3-4-9-19(17)22(18)20(23)15-24-14-16-7-5-12-21-13-16/h3-5,7-9,12-13,18H,2,6,10-11,14-15H2,1H3. The molecule has 0 saturated carbocycles. The lowest BCUT2D eigenvalue weighted by Gasteiger charge is -2.37. The number of benzene rings is 1. The number of ether oxygens (including phenoxy) is 1. The summed E-state index contributed by atoms with van der Waals surface area (Å²) in [5.74, 6) is 0.0458. The van der Waals surface area contributed by atoms with Gasteiger partial charge in [0.2, 0.25) is 0 Å². The molecule has 4 nitrogen and oxygen atoms in total. The minimum absolute atomic E-state index is 0.0458. The maximum Gasteiger partial charge on any atom is 0.253 e. The lowest BCUT2D eigenvalue weighted by Crippen LogP contribution is -2.45. The van der Waals surface area contributed by atoms with Gasteiger partial charge in [0.1, 0.15) is 6.61 Å². The largest absolute Gasteiger partial charge is 0.367 e. The van der Waals surface area contributed by atoms with Crippen LogP contribution >= 0.6 is 0 Å². The topological polar surface area (TPSA) is 42.4 Å². The zero-order valence-electron chi connectivity index (χ0n) is 14.1. The molecule has 0 N–H and O–H groups in total. The number of carbonyl (C=O) groups is 1. The normalized spacial score (nSPS) is 16.7. The summed E-state index contributed by atoms with van der Waals surface area (Å²) in [5, 5.41) is 0. The Hall–Kier alpha value is -2.20. The summed E-state index contributed by atoms with van der Waals surface area (Å²) in [6.45, 7) is 2.68. The molecule has 0 aliphatic carbocycles. The fourth-order valence-electron chi connectivity index (χ4n) is 3.36. The molecule has 2 heterocycles. The Labute approximate surface area is 143 Å². The van der Waals surface area contributed by atoms with Crippen molar-refractivity contribution in [1.29, 1.82) is 0 Å². The Kier molecular flexibility index (Phi) is 5.59. The summed E-state index contributed by atoms with van der Waals surface area (Å²) in [6, 6.07) is 12.3. The van der Waals surface area contributed by atoms with Crippen molar-refractivity contribution in [3.63, 3.8) is 0 Å². The van der Waals surface area contributed by atoms with Crippen molar-refractivity contribution < 1.29 is 9.53 Å². The number of carbonyl (C=O) groups excluding carboxylic acids is 1. The van der Waals surface area contributed by atoms with Crippen LogP contribution in [-0.2, 0) is 22.6 Å². The van der Waals surface area contributed by atoms with E-state index in [0.717, 1.165) is 36.9 Å². The highest BCUT2D eigenvalue weighted by molar-refractivity contribution is 5.96. The van der Waals surface area contributed by atoms with E-state index < -0.39 is 0 Å². The first kappa shape index (κ1) is 16.7. The van der Waals surface area contributed by atoms with E-state index in [1.807, 2.05) is 29.2 Å². The van der Waals surface area contributed by atoms with E-state index in [-0.39, 0.29) is 18.6 Å². The third kappa shape index (κ3) is 3.82. The smallest absolute Gasteiger partial charge is 0.253 e. The molecule has 1 unspecified atom stereocenters. The molecule has 126 valence electrons. The van der Waals surface area contributed by atoms with Gasteiger partial charge in [-0.15, -0.1) is 0 Å². The molecule has 24 heavy (non-hydrogen) atoms. The van der Waals surface area contributed by atoms with Gasteiger partial charge >= 0.3 is 0 Å². The Bertz CT molecular complexity index is 672. The molecule has 3 rings (SSSR count). The molecular formula is C20H24N2O2. The van der Waals surface area contributed by atoms with Crippen LogP contribution in [0.1, 0.15) is 37.3 Å². The predicted molar refractivity (Wildman–Crippen MR) is 94.8 cm³/mol. The Balaban J connectivity index is 1.68. The highest BCUT2D eigenvalue weighted by Gasteiger charge is 2.30. The lowest BCUT2D eigenvalue weighted by atomic mass is 9.93. The molecule has 1 aromatic carbocycles. The predicted octanol–water partition coefficient (Wildman–Crippen LogP) is 3.75. The number of aryl methyl sites for hydroxylation is 1. The van der Waals surface area contributed by atoms with Crippen molar-refractivity contribution in [2.75, 3.05) is 11.5 Å². The SMILES string of the molecule is CCCC1CCc2ccccc2N1C(=O)COCc1cccnc1. The second-order valence-electron chi connectivity index (χ2n) is 6.23. The highest BCUT2D eigenvalue weighted by atomic mass is 16.5. The average molecular weight is 324 g/mol. The van der Waals surface area contributed by atoms with Gasteiger partial charge in [0.15, 0.2) is 0 Å². The third-order valence-electron chi connectivity index (χ3n) is 4.47. The van der Waals surface area contributed by atoms with Gasteiger partial charge in [-0.1, -0.05) is 37.6 Å². The molecule has 1 aliphatic heterocycles. The summed E-state index contributed by atoms with van der Waals surface area (Å²) in [7, 11) is 0.